The third-order valence-electron chi connectivity index (χ3n) is 4.40. The molecular weight excluding hydrogens is 400 g/mol. The number of halogens is 1. The Morgan fingerprint density at radius 1 is 1.18 bits per heavy atom. The molecule has 3 aromatic rings. The Bertz CT molecular complexity index is 1110. The lowest BCUT2D eigenvalue weighted by Crippen LogP contribution is -2.32. The van der Waals surface area contributed by atoms with Gasteiger partial charge in [0.25, 0.3) is 0 Å². The van der Waals surface area contributed by atoms with E-state index in [4.69, 9.17) is 16.0 Å². The molecule has 0 saturated heterocycles. The molecule has 0 aliphatic carbocycles. The second-order valence-electron chi connectivity index (χ2n) is 6.48. The number of nitrogens with one attached hydrogen (secondary N) is 2. The Kier molecular flexibility index (Phi) is 6.07. The minimum absolute atomic E-state index is 0.00338. The monoisotopic (exact) mass is 420 g/mol. The Morgan fingerprint density at radius 3 is 2.64 bits per heavy atom. The second kappa shape index (κ2) is 8.34. The normalized spacial score (nSPS) is 12.8. The van der Waals surface area contributed by atoms with Gasteiger partial charge in [0.1, 0.15) is 11.3 Å². The van der Waals surface area contributed by atoms with E-state index >= 15 is 0 Å². The predicted octanol–water partition coefficient (Wildman–Crippen LogP) is 3.94. The maximum absolute atomic E-state index is 12.2. The molecule has 1 heterocycles. The van der Waals surface area contributed by atoms with E-state index in [-0.39, 0.29) is 29.8 Å². The molecule has 0 saturated carbocycles. The summed E-state index contributed by atoms with van der Waals surface area (Å²) in [5.41, 5.74) is 1.75. The van der Waals surface area contributed by atoms with E-state index in [0.29, 0.717) is 10.8 Å². The number of rotatable bonds is 7. The molecule has 0 bridgehead atoms. The van der Waals surface area contributed by atoms with Gasteiger partial charge in [0, 0.05) is 28.9 Å². The topological polar surface area (TPSA) is 88.4 Å². The molecule has 1 unspecified atom stereocenters. The molecule has 1 aromatic heterocycles. The molecule has 3 rings (SSSR count). The van der Waals surface area contributed by atoms with E-state index in [1.165, 1.54) is 12.1 Å². The molecule has 28 heavy (non-hydrogen) atoms. The molecular formula is C20H21ClN2O4S. The van der Waals surface area contributed by atoms with Gasteiger partial charge in [-0.3, -0.25) is 4.79 Å². The summed E-state index contributed by atoms with van der Waals surface area (Å²) >= 11 is 5.83. The van der Waals surface area contributed by atoms with Crippen LogP contribution in [-0.2, 0) is 14.8 Å². The second-order valence-corrected chi connectivity index (χ2v) is 8.69. The summed E-state index contributed by atoms with van der Waals surface area (Å²) in [6, 6.07) is 13.3. The summed E-state index contributed by atoms with van der Waals surface area (Å²) in [6.45, 7) is 3.76. The van der Waals surface area contributed by atoms with Crippen LogP contribution in [0.1, 0.15) is 30.7 Å². The minimum atomic E-state index is -3.72. The van der Waals surface area contributed by atoms with Crippen LogP contribution in [0.25, 0.3) is 11.0 Å². The summed E-state index contributed by atoms with van der Waals surface area (Å²) < 4.78 is 32.7. The van der Waals surface area contributed by atoms with Gasteiger partial charge in [-0.1, -0.05) is 35.9 Å². The highest BCUT2D eigenvalue weighted by Gasteiger charge is 2.19. The highest BCUT2D eigenvalue weighted by atomic mass is 35.5. The number of hydrogen-bond donors (Lipinski definition) is 2. The van der Waals surface area contributed by atoms with Gasteiger partial charge < -0.3 is 9.73 Å². The maximum atomic E-state index is 12.2. The number of benzene rings is 2. The number of carbonyl (C=O) groups excluding carboxylic acids is 1. The van der Waals surface area contributed by atoms with Crippen molar-refractivity contribution in [2.75, 3.05) is 6.54 Å². The number of carbonyl (C=O) groups is 1. The summed E-state index contributed by atoms with van der Waals surface area (Å²) in [7, 11) is -3.72. The number of fused-ring (bicyclic) bond motifs is 1. The van der Waals surface area contributed by atoms with Crippen molar-refractivity contribution in [1.82, 2.24) is 10.0 Å². The molecule has 1 atom stereocenters. The molecule has 0 aliphatic rings. The van der Waals surface area contributed by atoms with Crippen LogP contribution in [0.4, 0.5) is 0 Å². The van der Waals surface area contributed by atoms with Gasteiger partial charge in [0.15, 0.2) is 0 Å². The molecule has 2 N–H and O–H groups in total. The van der Waals surface area contributed by atoms with Gasteiger partial charge in [-0.25, -0.2) is 13.1 Å². The molecule has 0 fully saturated rings. The number of furan rings is 1. The summed E-state index contributed by atoms with van der Waals surface area (Å²) in [4.78, 5) is 12.3. The first-order chi connectivity index (χ1) is 13.3. The fraction of sp³-hybridized carbons (Fsp3) is 0.250. The molecule has 0 aliphatic heterocycles. The summed E-state index contributed by atoms with van der Waals surface area (Å²) in [6.07, 6.45) is 0.00338. The van der Waals surface area contributed by atoms with Crippen molar-refractivity contribution in [2.24, 2.45) is 0 Å². The molecule has 0 radical (unpaired) electrons. The Labute approximate surface area is 168 Å². The standard InChI is InChI=1S/C20H21ClN2O4S/c1-13-17-8-3-4-9-18(17)27-20(13)14(2)23-19(24)10-11-22-28(25,26)16-7-5-6-15(21)12-16/h3-9,12,14,22H,10-11H2,1-2H3,(H,23,24). The van der Waals surface area contributed by atoms with Gasteiger partial charge in [0.2, 0.25) is 15.9 Å². The number of aryl methyl sites for hydroxylation is 1. The van der Waals surface area contributed by atoms with Crippen LogP contribution in [0, 0.1) is 6.92 Å². The molecule has 6 nitrogen and oxygen atoms in total. The van der Waals surface area contributed by atoms with Gasteiger partial charge in [-0.2, -0.15) is 0 Å². The molecule has 0 spiro atoms. The van der Waals surface area contributed by atoms with Gasteiger partial charge >= 0.3 is 0 Å². The fourth-order valence-corrected chi connectivity index (χ4v) is 4.33. The lowest BCUT2D eigenvalue weighted by atomic mass is 10.1. The highest BCUT2D eigenvalue weighted by Crippen LogP contribution is 2.29. The van der Waals surface area contributed by atoms with Crippen LogP contribution in [0.2, 0.25) is 5.02 Å². The van der Waals surface area contributed by atoms with Gasteiger partial charge in [-0.05, 0) is 38.1 Å². The molecule has 148 valence electrons. The number of sulfonamides is 1. The van der Waals surface area contributed by atoms with Crippen LogP contribution in [0.15, 0.2) is 57.8 Å². The lowest BCUT2D eigenvalue weighted by molar-refractivity contribution is -0.121. The predicted molar refractivity (Wildman–Crippen MR) is 109 cm³/mol. The SMILES string of the molecule is Cc1c(C(C)NC(=O)CCNS(=O)(=O)c2cccc(Cl)c2)oc2ccccc12. The highest BCUT2D eigenvalue weighted by molar-refractivity contribution is 7.89. The molecule has 2 aromatic carbocycles. The van der Waals surface area contributed by atoms with E-state index in [2.05, 4.69) is 10.0 Å². The van der Waals surface area contributed by atoms with E-state index in [1.807, 2.05) is 38.1 Å². The lowest BCUT2D eigenvalue weighted by Gasteiger charge is -2.13. The van der Waals surface area contributed by atoms with Crippen molar-refractivity contribution < 1.29 is 17.6 Å². The zero-order valence-corrected chi connectivity index (χ0v) is 17.1. The Hall–Kier alpha value is -2.35. The van der Waals surface area contributed by atoms with Crippen molar-refractivity contribution in [2.45, 2.75) is 31.2 Å². The average molecular weight is 421 g/mol. The van der Waals surface area contributed by atoms with Crippen LogP contribution in [0.3, 0.4) is 0 Å². The number of amides is 1. The van der Waals surface area contributed by atoms with E-state index in [1.54, 1.807) is 12.1 Å². The van der Waals surface area contributed by atoms with Crippen LogP contribution in [0.5, 0.6) is 0 Å². The zero-order valence-electron chi connectivity index (χ0n) is 15.5. The van der Waals surface area contributed by atoms with E-state index in [0.717, 1.165) is 16.5 Å². The van der Waals surface area contributed by atoms with Gasteiger partial charge in [-0.15, -0.1) is 0 Å². The summed E-state index contributed by atoms with van der Waals surface area (Å²) in [5, 5.41) is 4.18. The molecule has 8 heteroatoms. The minimum Gasteiger partial charge on any atom is -0.459 e. The van der Waals surface area contributed by atoms with Crippen LogP contribution < -0.4 is 10.0 Å². The van der Waals surface area contributed by atoms with Crippen molar-refractivity contribution in [3.05, 3.63) is 64.9 Å². The van der Waals surface area contributed by atoms with Crippen LogP contribution in [-0.4, -0.2) is 20.9 Å². The maximum Gasteiger partial charge on any atom is 0.240 e. The van der Waals surface area contributed by atoms with Crippen molar-refractivity contribution in [1.29, 1.82) is 0 Å². The smallest absolute Gasteiger partial charge is 0.240 e. The number of para-hydroxylation sites is 1. The quantitative estimate of drug-likeness (QED) is 0.605. The van der Waals surface area contributed by atoms with E-state index in [9.17, 15) is 13.2 Å². The first kappa shape index (κ1) is 20.4. The Morgan fingerprint density at radius 2 is 1.93 bits per heavy atom. The van der Waals surface area contributed by atoms with Gasteiger partial charge in [0.05, 0.1) is 10.9 Å². The zero-order chi connectivity index (χ0) is 20.3. The third-order valence-corrected chi connectivity index (χ3v) is 6.10. The molecule has 1 amide bonds. The first-order valence-corrected chi connectivity index (χ1v) is 10.7. The third kappa shape index (κ3) is 4.55. The first-order valence-electron chi connectivity index (χ1n) is 8.80. The summed E-state index contributed by atoms with van der Waals surface area (Å²) in [5.74, 6) is 0.412. The van der Waals surface area contributed by atoms with Crippen molar-refractivity contribution >= 4 is 38.5 Å². The average Bonchev–Trinajstić information content (AvgIpc) is 2.99. The van der Waals surface area contributed by atoms with Crippen molar-refractivity contribution in [3.63, 3.8) is 0 Å². The Balaban J connectivity index is 1.57. The van der Waals surface area contributed by atoms with Crippen LogP contribution >= 0.6 is 11.6 Å². The number of hydrogen-bond acceptors (Lipinski definition) is 4. The largest absolute Gasteiger partial charge is 0.459 e. The fourth-order valence-electron chi connectivity index (χ4n) is 3.00. The van der Waals surface area contributed by atoms with E-state index < -0.39 is 10.0 Å². The van der Waals surface area contributed by atoms with Crippen molar-refractivity contribution in [3.8, 4) is 0 Å².